The standard InChI is InChI=1S/C14H16O2S/c1-2-13(14-11(15)8-9-12(14)16)17-10-6-4-3-5-7-10/h3-7,13,15H,2,8-9H2,1H3. The minimum Gasteiger partial charge on any atom is -0.512 e. The van der Waals surface area contributed by atoms with E-state index in [1.807, 2.05) is 37.3 Å². The van der Waals surface area contributed by atoms with Crippen LogP contribution in [0.5, 0.6) is 0 Å². The number of Topliss-reactive ketones (excluding diaryl/α,β-unsaturated/α-hetero) is 1. The lowest BCUT2D eigenvalue weighted by molar-refractivity contribution is -0.115. The first-order chi connectivity index (χ1) is 8.22. The van der Waals surface area contributed by atoms with Gasteiger partial charge in [-0.2, -0.15) is 0 Å². The Morgan fingerprint density at radius 3 is 2.53 bits per heavy atom. The first-order valence-electron chi connectivity index (χ1n) is 5.89. The first kappa shape index (κ1) is 12.2. The van der Waals surface area contributed by atoms with Gasteiger partial charge in [0.15, 0.2) is 5.78 Å². The van der Waals surface area contributed by atoms with Crippen LogP contribution in [0, 0.1) is 0 Å². The highest BCUT2D eigenvalue weighted by molar-refractivity contribution is 8.00. The zero-order valence-corrected chi connectivity index (χ0v) is 10.7. The fourth-order valence-corrected chi connectivity index (χ4v) is 3.23. The minimum atomic E-state index is 0.0763. The Kier molecular flexibility index (Phi) is 3.89. The number of allylic oxidation sites excluding steroid dienone is 1. The molecule has 0 aliphatic heterocycles. The molecule has 2 nitrogen and oxygen atoms in total. The van der Waals surface area contributed by atoms with Crippen LogP contribution in [0.3, 0.4) is 0 Å². The van der Waals surface area contributed by atoms with Crippen LogP contribution in [0.25, 0.3) is 0 Å². The third-order valence-corrected chi connectivity index (χ3v) is 4.31. The van der Waals surface area contributed by atoms with Gasteiger partial charge < -0.3 is 5.11 Å². The number of rotatable bonds is 4. The summed E-state index contributed by atoms with van der Waals surface area (Å²) in [5, 5.41) is 9.86. The Morgan fingerprint density at radius 2 is 2.00 bits per heavy atom. The largest absolute Gasteiger partial charge is 0.512 e. The van der Waals surface area contributed by atoms with Gasteiger partial charge in [-0.15, -0.1) is 11.8 Å². The SMILES string of the molecule is CCC(Sc1ccccc1)C1=C(O)CCC1=O. The fraction of sp³-hybridized carbons (Fsp3) is 0.357. The van der Waals surface area contributed by atoms with Crippen LogP contribution in [-0.4, -0.2) is 16.1 Å². The monoisotopic (exact) mass is 248 g/mol. The third kappa shape index (κ3) is 2.72. The number of benzene rings is 1. The number of aliphatic hydroxyl groups excluding tert-OH is 1. The van der Waals surface area contributed by atoms with Crippen molar-refractivity contribution in [3.05, 3.63) is 41.7 Å². The van der Waals surface area contributed by atoms with E-state index in [2.05, 4.69) is 0 Å². The molecule has 0 radical (unpaired) electrons. The van der Waals surface area contributed by atoms with E-state index in [9.17, 15) is 9.90 Å². The van der Waals surface area contributed by atoms with E-state index in [-0.39, 0.29) is 11.0 Å². The summed E-state index contributed by atoms with van der Waals surface area (Å²) in [6, 6.07) is 10.0. The lowest BCUT2D eigenvalue weighted by atomic mass is 10.1. The normalized spacial score (nSPS) is 17.6. The van der Waals surface area contributed by atoms with Crippen LogP contribution in [0.4, 0.5) is 0 Å². The van der Waals surface area contributed by atoms with Crippen LogP contribution in [0.2, 0.25) is 0 Å². The van der Waals surface area contributed by atoms with Crippen molar-refractivity contribution >= 4 is 17.5 Å². The molecule has 1 aliphatic rings. The Hall–Kier alpha value is -1.22. The number of thioether (sulfide) groups is 1. The van der Waals surface area contributed by atoms with Crippen molar-refractivity contribution in [3.8, 4) is 0 Å². The lowest BCUT2D eigenvalue weighted by Crippen LogP contribution is -2.12. The van der Waals surface area contributed by atoms with E-state index < -0.39 is 0 Å². The Morgan fingerprint density at radius 1 is 1.29 bits per heavy atom. The highest BCUT2D eigenvalue weighted by Crippen LogP contribution is 2.35. The van der Waals surface area contributed by atoms with Gasteiger partial charge in [-0.1, -0.05) is 25.1 Å². The van der Waals surface area contributed by atoms with Gasteiger partial charge in [-0.3, -0.25) is 4.79 Å². The maximum atomic E-state index is 11.7. The van der Waals surface area contributed by atoms with Gasteiger partial charge in [0, 0.05) is 28.6 Å². The molecule has 0 amide bonds. The zero-order chi connectivity index (χ0) is 12.3. The van der Waals surface area contributed by atoms with Gasteiger partial charge in [0.1, 0.15) is 5.76 Å². The van der Waals surface area contributed by atoms with E-state index in [0.717, 1.165) is 11.3 Å². The molecule has 0 heterocycles. The number of carbonyl (C=O) groups is 1. The summed E-state index contributed by atoms with van der Waals surface area (Å²) in [6.07, 6.45) is 1.83. The molecule has 0 spiro atoms. The van der Waals surface area contributed by atoms with Gasteiger partial charge in [-0.25, -0.2) is 0 Å². The predicted molar refractivity (Wildman–Crippen MR) is 70.3 cm³/mol. The van der Waals surface area contributed by atoms with E-state index in [1.165, 1.54) is 0 Å². The molecule has 1 N–H and O–H groups in total. The molecular formula is C14H16O2S. The molecule has 17 heavy (non-hydrogen) atoms. The molecule has 2 rings (SSSR count). The number of hydrogen-bond acceptors (Lipinski definition) is 3. The van der Waals surface area contributed by atoms with Crippen LogP contribution >= 0.6 is 11.8 Å². The quantitative estimate of drug-likeness (QED) is 0.825. The Labute approximate surface area is 106 Å². The Bertz CT molecular complexity index is 437. The van der Waals surface area contributed by atoms with Crippen molar-refractivity contribution in [2.45, 2.75) is 36.3 Å². The van der Waals surface area contributed by atoms with Crippen LogP contribution in [-0.2, 0) is 4.79 Å². The van der Waals surface area contributed by atoms with Crippen molar-refractivity contribution in [2.75, 3.05) is 0 Å². The smallest absolute Gasteiger partial charge is 0.163 e. The molecular weight excluding hydrogens is 232 g/mol. The fourth-order valence-electron chi connectivity index (χ4n) is 2.04. The summed E-state index contributed by atoms with van der Waals surface area (Å²) in [5.41, 5.74) is 0.640. The molecule has 0 aromatic heterocycles. The second-order valence-electron chi connectivity index (χ2n) is 4.11. The molecule has 0 saturated carbocycles. The second-order valence-corrected chi connectivity index (χ2v) is 5.39. The lowest BCUT2D eigenvalue weighted by Gasteiger charge is -2.15. The molecule has 1 unspecified atom stereocenters. The Balaban J connectivity index is 2.18. The number of carbonyl (C=O) groups excluding carboxylic acids is 1. The van der Waals surface area contributed by atoms with Crippen molar-refractivity contribution in [3.63, 3.8) is 0 Å². The van der Waals surface area contributed by atoms with Crippen molar-refractivity contribution < 1.29 is 9.90 Å². The molecule has 1 atom stereocenters. The molecule has 3 heteroatoms. The van der Waals surface area contributed by atoms with Gasteiger partial charge in [0.2, 0.25) is 0 Å². The molecule has 1 aromatic carbocycles. The summed E-state index contributed by atoms with van der Waals surface area (Å²) in [5.74, 6) is 0.406. The van der Waals surface area contributed by atoms with Gasteiger partial charge in [-0.05, 0) is 18.6 Å². The van der Waals surface area contributed by atoms with E-state index in [4.69, 9.17) is 0 Å². The topological polar surface area (TPSA) is 37.3 Å². The minimum absolute atomic E-state index is 0.0763. The summed E-state index contributed by atoms with van der Waals surface area (Å²) in [7, 11) is 0. The van der Waals surface area contributed by atoms with E-state index in [0.29, 0.717) is 24.2 Å². The number of ketones is 1. The van der Waals surface area contributed by atoms with Crippen molar-refractivity contribution in [1.82, 2.24) is 0 Å². The molecule has 1 aliphatic carbocycles. The highest BCUT2D eigenvalue weighted by Gasteiger charge is 2.29. The number of hydrogen-bond donors (Lipinski definition) is 1. The van der Waals surface area contributed by atoms with Crippen LogP contribution in [0.15, 0.2) is 46.6 Å². The highest BCUT2D eigenvalue weighted by atomic mass is 32.2. The average molecular weight is 248 g/mol. The molecule has 1 aromatic rings. The van der Waals surface area contributed by atoms with Crippen LogP contribution < -0.4 is 0 Å². The van der Waals surface area contributed by atoms with Crippen molar-refractivity contribution in [2.24, 2.45) is 0 Å². The summed E-state index contributed by atoms with van der Waals surface area (Å²) in [4.78, 5) is 12.9. The molecule has 0 fully saturated rings. The predicted octanol–water partition coefficient (Wildman–Crippen LogP) is 3.73. The first-order valence-corrected chi connectivity index (χ1v) is 6.77. The zero-order valence-electron chi connectivity index (χ0n) is 9.85. The van der Waals surface area contributed by atoms with Crippen LogP contribution in [0.1, 0.15) is 26.2 Å². The maximum absolute atomic E-state index is 11.7. The molecule has 0 bridgehead atoms. The van der Waals surface area contributed by atoms with Crippen molar-refractivity contribution in [1.29, 1.82) is 0 Å². The van der Waals surface area contributed by atoms with E-state index in [1.54, 1.807) is 11.8 Å². The number of aliphatic hydroxyl groups is 1. The summed E-state index contributed by atoms with van der Waals surface area (Å²) >= 11 is 1.65. The maximum Gasteiger partial charge on any atom is 0.163 e. The van der Waals surface area contributed by atoms with E-state index >= 15 is 0 Å². The summed E-state index contributed by atoms with van der Waals surface area (Å²) < 4.78 is 0. The molecule has 90 valence electrons. The molecule has 0 saturated heterocycles. The second kappa shape index (κ2) is 5.41. The summed E-state index contributed by atoms with van der Waals surface area (Å²) in [6.45, 7) is 2.05. The van der Waals surface area contributed by atoms with Gasteiger partial charge in [0.25, 0.3) is 0 Å². The van der Waals surface area contributed by atoms with Gasteiger partial charge >= 0.3 is 0 Å². The van der Waals surface area contributed by atoms with Gasteiger partial charge in [0.05, 0.1) is 0 Å². The average Bonchev–Trinajstić information content (AvgIpc) is 2.68. The third-order valence-electron chi connectivity index (χ3n) is 2.91.